The molecule has 0 bridgehead atoms. The lowest BCUT2D eigenvalue weighted by molar-refractivity contribution is 0.172. The average molecular weight is 212 g/mol. The van der Waals surface area contributed by atoms with E-state index in [1.165, 1.54) is 19.3 Å². The summed E-state index contributed by atoms with van der Waals surface area (Å²) in [5.41, 5.74) is 0. The Hall–Kier alpha value is -0.730. The number of rotatable bonds is 6. The SMILES string of the molecule is CCCCN=C1OCCCN1CCCC. The van der Waals surface area contributed by atoms with Gasteiger partial charge in [0.15, 0.2) is 0 Å². The molecule has 0 amide bonds. The van der Waals surface area contributed by atoms with Gasteiger partial charge in [0.1, 0.15) is 0 Å². The number of hydrogen-bond donors (Lipinski definition) is 0. The van der Waals surface area contributed by atoms with Crippen LogP contribution in [0.25, 0.3) is 0 Å². The van der Waals surface area contributed by atoms with Gasteiger partial charge in [0, 0.05) is 19.6 Å². The lowest BCUT2D eigenvalue weighted by atomic mass is 10.3. The van der Waals surface area contributed by atoms with E-state index in [1.807, 2.05) is 0 Å². The summed E-state index contributed by atoms with van der Waals surface area (Å²) in [6.45, 7) is 8.38. The number of unbranched alkanes of at least 4 members (excludes halogenated alkanes) is 2. The molecule has 1 aliphatic heterocycles. The molecule has 88 valence electrons. The number of hydrogen-bond acceptors (Lipinski definition) is 2. The molecule has 15 heavy (non-hydrogen) atoms. The average Bonchev–Trinajstić information content (AvgIpc) is 2.28. The first-order valence-electron chi connectivity index (χ1n) is 6.30. The Labute approximate surface area is 93.5 Å². The van der Waals surface area contributed by atoms with Gasteiger partial charge in [-0.15, -0.1) is 0 Å². The van der Waals surface area contributed by atoms with Crippen molar-refractivity contribution < 1.29 is 4.74 Å². The topological polar surface area (TPSA) is 24.8 Å². The molecule has 0 saturated carbocycles. The highest BCUT2D eigenvalue weighted by atomic mass is 16.5. The second-order valence-electron chi connectivity index (χ2n) is 4.06. The molecule has 0 aromatic carbocycles. The summed E-state index contributed by atoms with van der Waals surface area (Å²) >= 11 is 0. The van der Waals surface area contributed by atoms with Crippen molar-refractivity contribution in [1.82, 2.24) is 4.90 Å². The number of nitrogens with zero attached hydrogens (tertiary/aromatic N) is 2. The summed E-state index contributed by atoms with van der Waals surface area (Å²) in [7, 11) is 0. The van der Waals surface area contributed by atoms with Crippen LogP contribution in [0, 0.1) is 0 Å². The van der Waals surface area contributed by atoms with E-state index in [0.717, 1.165) is 45.1 Å². The van der Waals surface area contributed by atoms with Crippen LogP contribution in [0.4, 0.5) is 0 Å². The minimum absolute atomic E-state index is 0.841. The van der Waals surface area contributed by atoms with E-state index in [9.17, 15) is 0 Å². The third kappa shape index (κ3) is 4.54. The van der Waals surface area contributed by atoms with Gasteiger partial charge in [-0.25, -0.2) is 4.99 Å². The molecule has 1 fully saturated rings. The van der Waals surface area contributed by atoms with Crippen molar-refractivity contribution in [3.8, 4) is 0 Å². The third-order valence-electron chi connectivity index (χ3n) is 2.61. The summed E-state index contributed by atoms with van der Waals surface area (Å²) < 4.78 is 5.61. The van der Waals surface area contributed by atoms with Gasteiger partial charge in [-0.1, -0.05) is 26.7 Å². The highest BCUT2D eigenvalue weighted by molar-refractivity contribution is 5.74. The largest absolute Gasteiger partial charge is 0.465 e. The maximum atomic E-state index is 5.61. The van der Waals surface area contributed by atoms with Crippen LogP contribution in [0.1, 0.15) is 46.0 Å². The number of ether oxygens (including phenoxy) is 1. The highest BCUT2D eigenvalue weighted by Crippen LogP contribution is 2.07. The quantitative estimate of drug-likeness (QED) is 0.632. The van der Waals surface area contributed by atoms with Crippen LogP contribution < -0.4 is 0 Å². The van der Waals surface area contributed by atoms with Crippen LogP contribution in [-0.4, -0.2) is 37.2 Å². The van der Waals surface area contributed by atoms with Gasteiger partial charge in [0.05, 0.1) is 6.61 Å². The molecule has 3 heteroatoms. The first-order chi connectivity index (χ1) is 7.38. The number of amidine groups is 1. The molecule has 1 heterocycles. The predicted molar refractivity (Wildman–Crippen MR) is 64.3 cm³/mol. The predicted octanol–water partition coefficient (Wildman–Crippen LogP) is 2.66. The first kappa shape index (κ1) is 12.3. The molecule has 0 radical (unpaired) electrons. The van der Waals surface area contributed by atoms with Gasteiger partial charge < -0.3 is 9.64 Å². The van der Waals surface area contributed by atoms with E-state index in [2.05, 4.69) is 23.7 Å². The second-order valence-corrected chi connectivity index (χ2v) is 4.06. The first-order valence-corrected chi connectivity index (χ1v) is 6.30. The van der Waals surface area contributed by atoms with Crippen molar-refractivity contribution >= 4 is 6.02 Å². The maximum absolute atomic E-state index is 5.61. The van der Waals surface area contributed by atoms with E-state index in [1.54, 1.807) is 0 Å². The standard InChI is InChI=1S/C12H24N2O/c1-3-5-8-13-12-14(9-6-4-2)10-7-11-15-12/h3-11H2,1-2H3. The van der Waals surface area contributed by atoms with Crippen molar-refractivity contribution in [2.24, 2.45) is 4.99 Å². The van der Waals surface area contributed by atoms with Gasteiger partial charge in [-0.3, -0.25) is 0 Å². The summed E-state index contributed by atoms with van der Waals surface area (Å²) in [6, 6.07) is 0.892. The van der Waals surface area contributed by atoms with Crippen molar-refractivity contribution in [3.05, 3.63) is 0 Å². The molecule has 0 unspecified atom stereocenters. The molecule has 0 atom stereocenters. The van der Waals surface area contributed by atoms with Crippen molar-refractivity contribution in [1.29, 1.82) is 0 Å². The Morgan fingerprint density at radius 2 is 2.07 bits per heavy atom. The highest BCUT2D eigenvalue weighted by Gasteiger charge is 2.16. The Bertz CT molecular complexity index is 192. The lowest BCUT2D eigenvalue weighted by Gasteiger charge is -2.29. The zero-order valence-electron chi connectivity index (χ0n) is 10.2. The summed E-state index contributed by atoms with van der Waals surface area (Å²) in [5, 5.41) is 0. The Balaban J connectivity index is 2.38. The fourth-order valence-corrected chi connectivity index (χ4v) is 1.64. The van der Waals surface area contributed by atoms with E-state index in [4.69, 9.17) is 4.74 Å². The van der Waals surface area contributed by atoms with Crippen LogP contribution in [0.2, 0.25) is 0 Å². The Morgan fingerprint density at radius 1 is 1.27 bits per heavy atom. The minimum atomic E-state index is 0.841. The van der Waals surface area contributed by atoms with Gasteiger partial charge in [-0.05, 0) is 19.3 Å². The summed E-state index contributed by atoms with van der Waals surface area (Å²) in [5.74, 6) is 0. The number of aliphatic imine (C=N–C) groups is 1. The van der Waals surface area contributed by atoms with Crippen molar-refractivity contribution in [2.75, 3.05) is 26.2 Å². The van der Waals surface area contributed by atoms with Gasteiger partial charge >= 0.3 is 0 Å². The molecule has 0 N–H and O–H groups in total. The van der Waals surface area contributed by atoms with Crippen LogP contribution in [-0.2, 0) is 4.74 Å². The molecule has 1 aliphatic rings. The van der Waals surface area contributed by atoms with Crippen molar-refractivity contribution in [3.63, 3.8) is 0 Å². The fraction of sp³-hybridized carbons (Fsp3) is 0.917. The normalized spacial score (nSPS) is 19.3. The van der Waals surface area contributed by atoms with Gasteiger partial charge in [0.25, 0.3) is 6.02 Å². The minimum Gasteiger partial charge on any atom is -0.465 e. The second kappa shape index (κ2) is 7.55. The summed E-state index contributed by atoms with van der Waals surface area (Å²) in [4.78, 5) is 6.82. The lowest BCUT2D eigenvalue weighted by Crippen LogP contribution is -2.39. The van der Waals surface area contributed by atoms with Crippen molar-refractivity contribution in [2.45, 2.75) is 46.0 Å². The Kier molecular flexibility index (Phi) is 6.21. The molecular weight excluding hydrogens is 188 g/mol. The fourth-order valence-electron chi connectivity index (χ4n) is 1.64. The van der Waals surface area contributed by atoms with E-state index < -0.39 is 0 Å². The monoisotopic (exact) mass is 212 g/mol. The van der Waals surface area contributed by atoms with Gasteiger partial charge in [-0.2, -0.15) is 0 Å². The summed E-state index contributed by atoms with van der Waals surface area (Å²) in [6.07, 6.45) is 5.96. The molecule has 0 aliphatic carbocycles. The molecule has 3 nitrogen and oxygen atoms in total. The molecule has 0 aromatic heterocycles. The smallest absolute Gasteiger partial charge is 0.287 e. The zero-order chi connectivity index (χ0) is 10.9. The van der Waals surface area contributed by atoms with Crippen LogP contribution in [0.5, 0.6) is 0 Å². The van der Waals surface area contributed by atoms with Crippen LogP contribution in [0.15, 0.2) is 4.99 Å². The Morgan fingerprint density at radius 3 is 2.80 bits per heavy atom. The molecule has 0 spiro atoms. The molecule has 0 aromatic rings. The van der Waals surface area contributed by atoms with Crippen LogP contribution >= 0.6 is 0 Å². The van der Waals surface area contributed by atoms with Crippen LogP contribution in [0.3, 0.4) is 0 Å². The van der Waals surface area contributed by atoms with Gasteiger partial charge in [0.2, 0.25) is 0 Å². The third-order valence-corrected chi connectivity index (χ3v) is 2.61. The molecule has 1 rings (SSSR count). The maximum Gasteiger partial charge on any atom is 0.287 e. The van der Waals surface area contributed by atoms with E-state index >= 15 is 0 Å². The van der Waals surface area contributed by atoms with E-state index in [-0.39, 0.29) is 0 Å². The van der Waals surface area contributed by atoms with E-state index in [0.29, 0.717) is 0 Å². The zero-order valence-corrected chi connectivity index (χ0v) is 10.2. The molecule has 1 saturated heterocycles. The molecular formula is C12H24N2O.